The summed E-state index contributed by atoms with van der Waals surface area (Å²) in [5.41, 5.74) is 1.87. The molecule has 1 aromatic heterocycles. The van der Waals surface area contributed by atoms with Crippen LogP contribution in [0.3, 0.4) is 0 Å². The lowest BCUT2D eigenvalue weighted by Crippen LogP contribution is -2.19. The monoisotopic (exact) mass is 291 g/mol. The second-order valence-corrected chi connectivity index (χ2v) is 5.34. The minimum absolute atomic E-state index is 0.0766. The van der Waals surface area contributed by atoms with Crippen molar-refractivity contribution >= 4 is 17.3 Å². The van der Waals surface area contributed by atoms with Crippen LogP contribution < -0.4 is 10.1 Å². The van der Waals surface area contributed by atoms with Crippen LogP contribution in [-0.2, 0) is 6.54 Å². The molecule has 2 N–H and O–H groups in total. The number of rotatable bonds is 6. The highest BCUT2D eigenvalue weighted by atomic mass is 32.1. The molecule has 0 spiro atoms. The van der Waals surface area contributed by atoms with Crippen LogP contribution in [0.5, 0.6) is 5.75 Å². The molecule has 4 nitrogen and oxygen atoms in total. The van der Waals surface area contributed by atoms with Gasteiger partial charge in [-0.15, -0.1) is 11.3 Å². The molecule has 20 heavy (non-hydrogen) atoms. The smallest absolute Gasteiger partial charge is 0.346 e. The Morgan fingerprint density at radius 1 is 1.40 bits per heavy atom. The molecule has 1 atom stereocenters. The zero-order valence-corrected chi connectivity index (χ0v) is 12.2. The van der Waals surface area contributed by atoms with Crippen molar-refractivity contribution in [1.29, 1.82) is 0 Å². The van der Waals surface area contributed by atoms with Crippen molar-refractivity contribution in [2.45, 2.75) is 19.5 Å². The molecule has 2 aromatic rings. The average Bonchev–Trinajstić information content (AvgIpc) is 2.93. The van der Waals surface area contributed by atoms with Gasteiger partial charge in [0.2, 0.25) is 0 Å². The average molecular weight is 291 g/mol. The van der Waals surface area contributed by atoms with Crippen molar-refractivity contribution in [2.75, 3.05) is 7.11 Å². The minimum atomic E-state index is -0.873. The van der Waals surface area contributed by atoms with Gasteiger partial charge in [-0.2, -0.15) is 0 Å². The molecule has 0 aliphatic heterocycles. The molecule has 106 valence electrons. The summed E-state index contributed by atoms with van der Waals surface area (Å²) in [6.07, 6.45) is 0. The van der Waals surface area contributed by atoms with Crippen LogP contribution in [0.4, 0.5) is 0 Å². The van der Waals surface area contributed by atoms with E-state index in [-0.39, 0.29) is 6.04 Å². The number of thiophene rings is 1. The maximum absolute atomic E-state index is 11.1. The van der Waals surface area contributed by atoms with Crippen molar-refractivity contribution in [2.24, 2.45) is 0 Å². The number of ether oxygens (including phenoxy) is 1. The van der Waals surface area contributed by atoms with Gasteiger partial charge in [-0.1, -0.05) is 18.2 Å². The van der Waals surface area contributed by atoms with E-state index in [2.05, 4.69) is 5.32 Å². The van der Waals surface area contributed by atoms with Crippen molar-refractivity contribution in [1.82, 2.24) is 5.32 Å². The topological polar surface area (TPSA) is 58.6 Å². The molecule has 0 aliphatic carbocycles. The second-order valence-electron chi connectivity index (χ2n) is 4.42. The zero-order valence-electron chi connectivity index (χ0n) is 11.4. The van der Waals surface area contributed by atoms with E-state index in [0.717, 1.165) is 16.9 Å². The maximum atomic E-state index is 11.1. The Kier molecular flexibility index (Phi) is 4.76. The van der Waals surface area contributed by atoms with E-state index in [0.29, 0.717) is 11.4 Å². The molecule has 0 bridgehead atoms. The van der Waals surface area contributed by atoms with E-state index >= 15 is 0 Å². The van der Waals surface area contributed by atoms with Gasteiger partial charge < -0.3 is 15.2 Å². The van der Waals surface area contributed by atoms with Crippen LogP contribution in [0.25, 0.3) is 0 Å². The number of hydrogen-bond acceptors (Lipinski definition) is 4. The molecular formula is C15H17NO3S. The SMILES string of the molecule is COc1ccccc1[C@H](C)NCc1ccsc1C(=O)O. The molecular weight excluding hydrogens is 274 g/mol. The lowest BCUT2D eigenvalue weighted by Gasteiger charge is -2.17. The molecule has 5 heteroatoms. The van der Waals surface area contributed by atoms with Gasteiger partial charge in [-0.05, 0) is 30.0 Å². The van der Waals surface area contributed by atoms with Crippen molar-refractivity contribution < 1.29 is 14.6 Å². The van der Waals surface area contributed by atoms with Gasteiger partial charge in [0.1, 0.15) is 10.6 Å². The Balaban J connectivity index is 2.07. The Bertz CT molecular complexity index is 594. The number of hydrogen-bond donors (Lipinski definition) is 2. The minimum Gasteiger partial charge on any atom is -0.496 e. The predicted octanol–water partition coefficient (Wildman–Crippen LogP) is 3.31. The van der Waals surface area contributed by atoms with Gasteiger partial charge in [0.05, 0.1) is 7.11 Å². The summed E-state index contributed by atoms with van der Waals surface area (Å²) in [6.45, 7) is 2.55. The van der Waals surface area contributed by atoms with Crippen LogP contribution in [-0.4, -0.2) is 18.2 Å². The number of aromatic carboxylic acids is 1. The third kappa shape index (κ3) is 3.18. The number of carboxylic acids is 1. The summed E-state index contributed by atoms with van der Waals surface area (Å²) in [5, 5.41) is 14.2. The highest BCUT2D eigenvalue weighted by Crippen LogP contribution is 2.25. The molecule has 0 aliphatic rings. The number of nitrogens with one attached hydrogen (secondary N) is 1. The Labute approximate surface area is 122 Å². The highest BCUT2D eigenvalue weighted by molar-refractivity contribution is 7.12. The normalized spacial score (nSPS) is 12.1. The summed E-state index contributed by atoms with van der Waals surface area (Å²) in [7, 11) is 1.65. The molecule has 0 saturated heterocycles. The summed E-state index contributed by atoms with van der Waals surface area (Å²) in [6, 6.07) is 9.73. The second kappa shape index (κ2) is 6.54. The maximum Gasteiger partial charge on any atom is 0.346 e. The van der Waals surface area contributed by atoms with E-state index in [9.17, 15) is 4.79 Å². The number of carbonyl (C=O) groups is 1. The largest absolute Gasteiger partial charge is 0.496 e. The molecule has 1 heterocycles. The highest BCUT2D eigenvalue weighted by Gasteiger charge is 2.14. The lowest BCUT2D eigenvalue weighted by atomic mass is 10.1. The third-order valence-corrected chi connectivity index (χ3v) is 4.09. The fourth-order valence-electron chi connectivity index (χ4n) is 2.06. The molecule has 0 saturated carbocycles. The van der Waals surface area contributed by atoms with Gasteiger partial charge in [0.15, 0.2) is 0 Å². The number of methoxy groups -OCH3 is 1. The first kappa shape index (κ1) is 14.6. The molecule has 2 rings (SSSR count). The van der Waals surface area contributed by atoms with Gasteiger partial charge in [0.25, 0.3) is 0 Å². The van der Waals surface area contributed by atoms with Crippen LogP contribution >= 0.6 is 11.3 Å². The van der Waals surface area contributed by atoms with E-state index < -0.39 is 5.97 Å². The molecule has 1 aromatic carbocycles. The first-order chi connectivity index (χ1) is 9.63. The van der Waals surface area contributed by atoms with Crippen LogP contribution in [0, 0.1) is 0 Å². The van der Waals surface area contributed by atoms with Gasteiger partial charge in [-0.3, -0.25) is 0 Å². The van der Waals surface area contributed by atoms with E-state index in [1.807, 2.05) is 37.3 Å². The van der Waals surface area contributed by atoms with Crippen molar-refractivity contribution in [3.05, 3.63) is 51.7 Å². The lowest BCUT2D eigenvalue weighted by molar-refractivity contribution is 0.0701. The van der Waals surface area contributed by atoms with Gasteiger partial charge >= 0.3 is 5.97 Å². The van der Waals surface area contributed by atoms with Crippen LogP contribution in [0.15, 0.2) is 35.7 Å². The number of carboxylic acid groups (broad SMARTS) is 1. The van der Waals surface area contributed by atoms with Gasteiger partial charge in [0, 0.05) is 18.2 Å². The quantitative estimate of drug-likeness (QED) is 0.857. The first-order valence-electron chi connectivity index (χ1n) is 6.29. The van der Waals surface area contributed by atoms with E-state index in [1.165, 1.54) is 11.3 Å². The van der Waals surface area contributed by atoms with Crippen molar-refractivity contribution in [3.8, 4) is 5.75 Å². The van der Waals surface area contributed by atoms with E-state index in [4.69, 9.17) is 9.84 Å². The number of para-hydroxylation sites is 1. The fourth-order valence-corrected chi connectivity index (χ4v) is 2.82. The van der Waals surface area contributed by atoms with E-state index in [1.54, 1.807) is 12.5 Å². The molecule has 0 unspecified atom stereocenters. The summed E-state index contributed by atoms with van der Waals surface area (Å²) in [4.78, 5) is 11.5. The zero-order chi connectivity index (χ0) is 14.5. The van der Waals surface area contributed by atoms with Gasteiger partial charge in [-0.25, -0.2) is 4.79 Å². The molecule has 0 amide bonds. The van der Waals surface area contributed by atoms with Crippen LogP contribution in [0.1, 0.15) is 33.8 Å². The molecule has 0 radical (unpaired) electrons. The summed E-state index contributed by atoms with van der Waals surface area (Å²) in [5.74, 6) is -0.0435. The Morgan fingerprint density at radius 3 is 2.85 bits per heavy atom. The molecule has 0 fully saturated rings. The summed E-state index contributed by atoms with van der Waals surface area (Å²) >= 11 is 1.25. The summed E-state index contributed by atoms with van der Waals surface area (Å²) < 4.78 is 5.33. The number of benzene rings is 1. The Morgan fingerprint density at radius 2 is 2.15 bits per heavy atom. The van der Waals surface area contributed by atoms with Crippen molar-refractivity contribution in [3.63, 3.8) is 0 Å². The third-order valence-electron chi connectivity index (χ3n) is 3.15. The fraction of sp³-hybridized carbons (Fsp3) is 0.267. The Hall–Kier alpha value is -1.85. The van der Waals surface area contributed by atoms with Crippen LogP contribution in [0.2, 0.25) is 0 Å². The predicted molar refractivity (Wildman–Crippen MR) is 79.5 cm³/mol. The first-order valence-corrected chi connectivity index (χ1v) is 7.17. The standard InChI is InChI=1S/C15H17NO3S/c1-10(12-5-3-4-6-13(12)19-2)16-9-11-7-8-20-14(11)15(17)18/h3-8,10,16H,9H2,1-2H3,(H,17,18)/t10-/m0/s1.